The Morgan fingerprint density at radius 1 is 1.21 bits per heavy atom. The van der Waals surface area contributed by atoms with Crippen molar-refractivity contribution in [3.8, 4) is 0 Å². The van der Waals surface area contributed by atoms with E-state index in [1.165, 1.54) is 23.5 Å². The van der Waals surface area contributed by atoms with Crippen LogP contribution in [-0.4, -0.2) is 82.3 Å². The van der Waals surface area contributed by atoms with E-state index >= 15 is 0 Å². The molecule has 3 heterocycles. The third kappa shape index (κ3) is 5.22. The molecule has 3 rings (SSSR count). The number of aromatic nitrogens is 3. The van der Waals surface area contributed by atoms with E-state index < -0.39 is 52.1 Å². The van der Waals surface area contributed by atoms with E-state index in [2.05, 4.69) is 15.4 Å². The molecule has 16 heteroatoms. The number of carboxylic acid groups (broad SMARTS) is 2. The molecule has 2 aliphatic heterocycles. The first-order valence-corrected chi connectivity index (χ1v) is 11.8. The van der Waals surface area contributed by atoms with Crippen LogP contribution in [-0.2, 0) is 31.0 Å². The monoisotopic (exact) mass is 513 g/mol. The van der Waals surface area contributed by atoms with Gasteiger partial charge in [0.15, 0.2) is 5.16 Å². The van der Waals surface area contributed by atoms with Crippen LogP contribution in [0.3, 0.4) is 0 Å². The topological polar surface area (TPSA) is 209 Å². The highest BCUT2D eigenvalue weighted by atomic mass is 32.2. The van der Waals surface area contributed by atoms with Gasteiger partial charge in [-0.25, -0.2) is 9.59 Å². The molecule has 1 fully saturated rings. The molecule has 2 atom stereocenters. The highest BCUT2D eigenvalue weighted by Crippen LogP contribution is 2.41. The van der Waals surface area contributed by atoms with Crippen molar-refractivity contribution in [2.75, 3.05) is 11.5 Å². The number of β-lactam (4-membered cyclic amide) rings is 1. The van der Waals surface area contributed by atoms with Gasteiger partial charge in [0.05, 0.1) is 0 Å². The zero-order valence-corrected chi connectivity index (χ0v) is 19.2. The van der Waals surface area contributed by atoms with Crippen LogP contribution in [0.15, 0.2) is 26.0 Å². The molecule has 4 N–H and O–H groups in total. The number of nitrogens with zero attached hydrogens (tertiary/aromatic N) is 3. The van der Waals surface area contributed by atoms with Gasteiger partial charge in [-0.05, 0) is 12.0 Å². The lowest BCUT2D eigenvalue weighted by Gasteiger charge is -2.49. The van der Waals surface area contributed by atoms with Crippen molar-refractivity contribution in [3.05, 3.63) is 32.0 Å². The Morgan fingerprint density at radius 2 is 1.91 bits per heavy atom. The van der Waals surface area contributed by atoms with Crippen molar-refractivity contribution < 1.29 is 34.2 Å². The van der Waals surface area contributed by atoms with E-state index in [-0.39, 0.29) is 41.6 Å². The highest BCUT2D eigenvalue weighted by molar-refractivity contribution is 8.01. The van der Waals surface area contributed by atoms with Crippen molar-refractivity contribution in [3.63, 3.8) is 0 Å². The average molecular weight is 514 g/mol. The standard InChI is InChI=1S/C18H19N5O9S2/c1-22-18(20-12(26)13(27)21-22)34-6-7-5-33-15-10(14(28)23(15)11(7)17(31)32)19-9(25)4-2-3-8(24)16(29)30/h10,15H,2-6H2,1H3,(H,19,25)(H,21,27)(H,29,30)(H,31,32)/t10-,15-/m1/s1. The largest absolute Gasteiger partial charge is 0.477 e. The number of aliphatic carboxylic acids is 2. The van der Waals surface area contributed by atoms with Crippen LogP contribution in [0.1, 0.15) is 19.3 Å². The molecule has 0 aliphatic carbocycles. The lowest BCUT2D eigenvalue weighted by molar-refractivity contribution is -0.150. The summed E-state index contributed by atoms with van der Waals surface area (Å²) >= 11 is 2.27. The molecule has 2 amide bonds. The van der Waals surface area contributed by atoms with E-state index in [9.17, 15) is 38.7 Å². The number of carbonyl (C=O) groups excluding carboxylic acids is 3. The number of amides is 2. The van der Waals surface area contributed by atoms with Gasteiger partial charge in [-0.1, -0.05) is 11.8 Å². The summed E-state index contributed by atoms with van der Waals surface area (Å²) in [4.78, 5) is 85.8. The van der Waals surface area contributed by atoms with Crippen molar-refractivity contribution >= 4 is 53.1 Å². The molecule has 1 aromatic heterocycles. The highest BCUT2D eigenvalue weighted by Gasteiger charge is 2.54. The molecule has 1 aromatic rings. The third-order valence-corrected chi connectivity index (χ3v) is 7.39. The number of aromatic amines is 1. The Kier molecular flexibility index (Phi) is 7.61. The summed E-state index contributed by atoms with van der Waals surface area (Å²) in [5, 5.41) is 22.6. The van der Waals surface area contributed by atoms with Crippen LogP contribution in [0.5, 0.6) is 0 Å². The molecule has 0 bridgehead atoms. The van der Waals surface area contributed by atoms with Crippen LogP contribution in [0.25, 0.3) is 0 Å². The van der Waals surface area contributed by atoms with Crippen LogP contribution >= 0.6 is 23.5 Å². The van der Waals surface area contributed by atoms with E-state index in [0.717, 1.165) is 16.7 Å². The predicted octanol–water partition coefficient (Wildman–Crippen LogP) is -1.88. The van der Waals surface area contributed by atoms with E-state index in [1.54, 1.807) is 0 Å². The fourth-order valence-electron chi connectivity index (χ4n) is 3.30. The van der Waals surface area contributed by atoms with Crippen LogP contribution in [0, 0.1) is 0 Å². The molecule has 0 radical (unpaired) electrons. The Labute approximate surface area is 198 Å². The first-order chi connectivity index (χ1) is 16.0. The Bertz CT molecular complexity index is 1220. The van der Waals surface area contributed by atoms with E-state index in [0.29, 0.717) is 5.57 Å². The van der Waals surface area contributed by atoms with Gasteiger partial charge in [-0.15, -0.1) is 11.8 Å². The molecule has 0 saturated carbocycles. The smallest absolute Gasteiger partial charge is 0.372 e. The van der Waals surface area contributed by atoms with E-state index in [4.69, 9.17) is 5.11 Å². The number of rotatable bonds is 10. The van der Waals surface area contributed by atoms with Gasteiger partial charge >= 0.3 is 23.1 Å². The number of H-pyrrole nitrogens is 1. The summed E-state index contributed by atoms with van der Waals surface area (Å²) in [6.07, 6.45) is -0.467. The third-order valence-electron chi connectivity index (χ3n) is 4.94. The summed E-state index contributed by atoms with van der Waals surface area (Å²) in [7, 11) is 1.47. The second kappa shape index (κ2) is 10.3. The quantitative estimate of drug-likeness (QED) is 0.154. The number of fused-ring (bicyclic) bond motifs is 1. The number of hydrogen-bond acceptors (Lipinski definition) is 10. The molecular formula is C18H19N5O9S2. The van der Waals surface area contributed by atoms with Gasteiger partial charge in [0.2, 0.25) is 11.7 Å². The second-order valence-corrected chi connectivity index (χ2v) is 9.33. The molecule has 34 heavy (non-hydrogen) atoms. The van der Waals surface area contributed by atoms with Crippen LogP contribution < -0.4 is 16.4 Å². The molecule has 0 aromatic carbocycles. The summed E-state index contributed by atoms with van der Waals surface area (Å²) in [6, 6.07) is -0.946. The second-order valence-electron chi connectivity index (χ2n) is 7.28. The zero-order chi connectivity index (χ0) is 25.2. The summed E-state index contributed by atoms with van der Waals surface area (Å²) in [6.45, 7) is 0. The Balaban J connectivity index is 1.65. The number of aryl methyl sites for hydroxylation is 1. The summed E-state index contributed by atoms with van der Waals surface area (Å²) in [5.41, 5.74) is -1.67. The Morgan fingerprint density at radius 3 is 2.56 bits per heavy atom. The minimum Gasteiger partial charge on any atom is -0.477 e. The van der Waals surface area contributed by atoms with Gasteiger partial charge in [0.1, 0.15) is 17.1 Å². The van der Waals surface area contributed by atoms with Crippen LogP contribution in [0.2, 0.25) is 0 Å². The average Bonchev–Trinajstić information content (AvgIpc) is 2.77. The number of carboxylic acids is 2. The number of hydrogen-bond donors (Lipinski definition) is 4. The zero-order valence-electron chi connectivity index (χ0n) is 17.6. The Hall–Kier alpha value is -3.40. The number of carbonyl (C=O) groups is 5. The van der Waals surface area contributed by atoms with Gasteiger partial charge in [0.25, 0.3) is 5.91 Å². The molecule has 14 nitrogen and oxygen atoms in total. The maximum Gasteiger partial charge on any atom is 0.372 e. The van der Waals surface area contributed by atoms with Crippen LogP contribution in [0.4, 0.5) is 0 Å². The first-order valence-electron chi connectivity index (χ1n) is 9.77. The van der Waals surface area contributed by atoms with E-state index in [1.807, 2.05) is 0 Å². The number of nitrogens with one attached hydrogen (secondary N) is 2. The van der Waals surface area contributed by atoms with Gasteiger partial charge in [-0.2, -0.15) is 4.98 Å². The number of thioether (sulfide) groups is 2. The number of ketones is 1. The van der Waals surface area contributed by atoms with Crippen molar-refractivity contribution in [2.24, 2.45) is 7.05 Å². The minimum absolute atomic E-state index is 0.00232. The SMILES string of the molecule is Cn1[nH]c(=O)c(=O)nc1SCC1=C(C(=O)O)N2C(=O)[C@@H](NC(=O)CCCC(=O)C(=O)O)[C@H]2SC1. The fraction of sp³-hybridized carbons (Fsp3) is 0.444. The first kappa shape index (κ1) is 25.2. The fourth-order valence-corrected chi connectivity index (χ4v) is 5.70. The molecular weight excluding hydrogens is 494 g/mol. The van der Waals surface area contributed by atoms with Gasteiger partial charge in [-0.3, -0.25) is 38.7 Å². The van der Waals surface area contributed by atoms with Gasteiger partial charge in [0, 0.05) is 31.4 Å². The molecule has 0 spiro atoms. The van der Waals surface area contributed by atoms with Crippen molar-refractivity contribution in [1.29, 1.82) is 0 Å². The molecule has 2 aliphatic rings. The summed E-state index contributed by atoms with van der Waals surface area (Å²) < 4.78 is 1.23. The maximum atomic E-state index is 12.6. The maximum absolute atomic E-state index is 12.6. The normalized spacial score (nSPS) is 19.3. The van der Waals surface area contributed by atoms with Gasteiger partial charge < -0.3 is 15.5 Å². The molecule has 0 unspecified atom stereocenters. The predicted molar refractivity (Wildman–Crippen MR) is 117 cm³/mol. The minimum atomic E-state index is -1.58. The van der Waals surface area contributed by atoms with Crippen molar-refractivity contribution in [1.82, 2.24) is 25.0 Å². The lowest BCUT2D eigenvalue weighted by Crippen LogP contribution is -2.70. The summed E-state index contributed by atoms with van der Waals surface area (Å²) in [5.74, 6) is -4.75. The van der Waals surface area contributed by atoms with Crippen molar-refractivity contribution in [2.45, 2.75) is 35.8 Å². The lowest BCUT2D eigenvalue weighted by atomic mass is 10.0. The molecule has 182 valence electrons. The molecule has 1 saturated heterocycles. The number of Topliss-reactive ketones (excluding diaryl/α,β-unsaturated/α-hetero) is 1.